The molecule has 0 radical (unpaired) electrons. The average Bonchev–Trinajstić information content (AvgIpc) is 2.30. The summed E-state index contributed by atoms with van der Waals surface area (Å²) in [5.41, 5.74) is 2.97. The van der Waals surface area contributed by atoms with Crippen molar-refractivity contribution >= 4 is 24.1 Å². The Morgan fingerprint density at radius 1 is 0.867 bits per heavy atom. The quantitative estimate of drug-likeness (QED) is 0.578. The van der Waals surface area contributed by atoms with Gasteiger partial charge in [0.15, 0.2) is 0 Å². The molecule has 2 rings (SSSR count). The highest BCUT2D eigenvalue weighted by atomic mass is 32.1. The first kappa shape index (κ1) is 10.3. The second kappa shape index (κ2) is 4.56. The molecule has 0 aliphatic carbocycles. The van der Waals surface area contributed by atoms with E-state index in [-0.39, 0.29) is 0 Å². The molecule has 0 saturated carbocycles. The summed E-state index contributed by atoms with van der Waals surface area (Å²) < 4.78 is 0. The molecule has 2 aromatic rings. The first-order valence-electron chi connectivity index (χ1n) is 4.79. The summed E-state index contributed by atoms with van der Waals surface area (Å²) in [6, 6.07) is 17.7. The molecular formula is C12H11BOS. The predicted molar refractivity (Wildman–Crippen MR) is 68.5 cm³/mol. The minimum Gasteiger partial charge on any atom is -0.438 e. The third-order valence-corrected chi connectivity index (χ3v) is 2.60. The van der Waals surface area contributed by atoms with Crippen molar-refractivity contribution < 1.29 is 5.02 Å². The number of hydrogen-bond donors (Lipinski definition) is 2. The summed E-state index contributed by atoms with van der Waals surface area (Å²) in [6.45, 7) is 0. The first-order valence-corrected chi connectivity index (χ1v) is 5.31. The Morgan fingerprint density at radius 2 is 1.47 bits per heavy atom. The monoisotopic (exact) mass is 214 g/mol. The van der Waals surface area contributed by atoms with Crippen LogP contribution in [0.25, 0.3) is 11.1 Å². The van der Waals surface area contributed by atoms with Crippen LogP contribution < -0.4 is 5.46 Å². The molecule has 0 aliphatic rings. The molecule has 15 heavy (non-hydrogen) atoms. The van der Waals surface area contributed by atoms with Crippen LogP contribution in [-0.2, 0) is 0 Å². The van der Waals surface area contributed by atoms with E-state index in [2.05, 4.69) is 12.5 Å². The lowest BCUT2D eigenvalue weighted by Crippen LogP contribution is -2.25. The Kier molecular flexibility index (Phi) is 3.14. The zero-order chi connectivity index (χ0) is 10.7. The molecule has 1 nitrogen and oxygen atoms in total. The van der Waals surface area contributed by atoms with Gasteiger partial charge in [0, 0.05) is 0 Å². The largest absolute Gasteiger partial charge is 0.438 e. The van der Waals surface area contributed by atoms with E-state index in [0.29, 0.717) is 0 Å². The van der Waals surface area contributed by atoms with Crippen LogP contribution in [0.15, 0.2) is 54.6 Å². The number of benzene rings is 2. The molecule has 74 valence electrons. The Bertz CT molecular complexity index is 442. The number of rotatable bonds is 2. The predicted octanol–water partition coefficient (Wildman–Crippen LogP) is 1.97. The standard InChI is InChI=1S/C12H11BOS/c14-13(15)12-9-5-4-8-11(12)10-6-2-1-3-7-10/h1-9,14-15H. The lowest BCUT2D eigenvalue weighted by molar-refractivity contribution is 0.609. The highest BCUT2D eigenvalue weighted by molar-refractivity contribution is 8.11. The highest BCUT2D eigenvalue weighted by Gasteiger charge is 2.13. The summed E-state index contributed by atoms with van der Waals surface area (Å²) in [4.78, 5) is 0. The smallest absolute Gasteiger partial charge is 0.391 e. The van der Waals surface area contributed by atoms with Crippen LogP contribution in [0.3, 0.4) is 0 Å². The molecule has 1 N–H and O–H groups in total. The minimum absolute atomic E-state index is 0.735. The van der Waals surface area contributed by atoms with Gasteiger partial charge in [0.25, 0.3) is 0 Å². The molecule has 0 amide bonds. The lowest BCUT2D eigenvalue weighted by atomic mass is 9.80. The van der Waals surface area contributed by atoms with E-state index >= 15 is 0 Å². The van der Waals surface area contributed by atoms with Crippen molar-refractivity contribution in [2.75, 3.05) is 0 Å². The summed E-state index contributed by atoms with van der Waals surface area (Å²) in [6.07, 6.45) is -0.735. The van der Waals surface area contributed by atoms with Crippen molar-refractivity contribution in [3.63, 3.8) is 0 Å². The lowest BCUT2D eigenvalue weighted by Gasteiger charge is -2.08. The fraction of sp³-hybridized carbons (Fsp3) is 0. The van der Waals surface area contributed by atoms with E-state index in [9.17, 15) is 5.02 Å². The van der Waals surface area contributed by atoms with Crippen LogP contribution in [0.5, 0.6) is 0 Å². The van der Waals surface area contributed by atoms with E-state index in [0.717, 1.165) is 16.6 Å². The van der Waals surface area contributed by atoms with Gasteiger partial charge >= 0.3 is 6.19 Å². The van der Waals surface area contributed by atoms with Crippen molar-refractivity contribution in [1.82, 2.24) is 0 Å². The van der Waals surface area contributed by atoms with Gasteiger partial charge in [0.2, 0.25) is 0 Å². The maximum Gasteiger partial charge on any atom is 0.391 e. The van der Waals surface area contributed by atoms with Gasteiger partial charge in [-0.3, -0.25) is 0 Å². The maximum absolute atomic E-state index is 9.53. The molecule has 0 spiro atoms. The number of thiol groups is 1. The first-order chi connectivity index (χ1) is 7.29. The second-order valence-corrected chi connectivity index (χ2v) is 3.82. The minimum atomic E-state index is -0.735. The average molecular weight is 214 g/mol. The molecule has 0 atom stereocenters. The molecule has 2 aromatic carbocycles. The van der Waals surface area contributed by atoms with E-state index in [4.69, 9.17) is 0 Å². The van der Waals surface area contributed by atoms with Gasteiger partial charge in [-0.05, 0) is 16.6 Å². The van der Waals surface area contributed by atoms with Gasteiger partial charge in [-0.15, -0.1) is 0 Å². The van der Waals surface area contributed by atoms with E-state index < -0.39 is 6.19 Å². The summed E-state index contributed by atoms with van der Waals surface area (Å²) in [7, 11) is 0. The van der Waals surface area contributed by atoms with E-state index in [1.807, 2.05) is 54.6 Å². The van der Waals surface area contributed by atoms with Crippen molar-refractivity contribution in [2.45, 2.75) is 0 Å². The Hall–Kier alpha value is -1.19. The molecule has 0 saturated heterocycles. The van der Waals surface area contributed by atoms with E-state index in [1.165, 1.54) is 0 Å². The van der Waals surface area contributed by atoms with Crippen molar-refractivity contribution in [3.8, 4) is 11.1 Å². The van der Waals surface area contributed by atoms with Gasteiger partial charge in [-0.25, -0.2) is 0 Å². The normalized spacial score (nSPS) is 10.0. The molecule has 0 aromatic heterocycles. The fourth-order valence-corrected chi connectivity index (χ4v) is 1.83. The summed E-state index contributed by atoms with van der Waals surface area (Å²) in [5.74, 6) is 0. The van der Waals surface area contributed by atoms with Crippen molar-refractivity contribution in [2.24, 2.45) is 0 Å². The van der Waals surface area contributed by atoms with Crippen LogP contribution in [0.1, 0.15) is 0 Å². The third-order valence-electron chi connectivity index (χ3n) is 2.32. The molecule has 0 heterocycles. The second-order valence-electron chi connectivity index (χ2n) is 3.33. The Morgan fingerprint density at radius 3 is 2.13 bits per heavy atom. The Labute approximate surface area is 95.2 Å². The maximum atomic E-state index is 9.53. The van der Waals surface area contributed by atoms with Crippen molar-refractivity contribution in [1.29, 1.82) is 0 Å². The zero-order valence-electron chi connectivity index (χ0n) is 8.17. The molecule has 0 aliphatic heterocycles. The molecular weight excluding hydrogens is 203 g/mol. The van der Waals surface area contributed by atoms with Crippen LogP contribution in [0.4, 0.5) is 0 Å². The highest BCUT2D eigenvalue weighted by Crippen LogP contribution is 2.17. The van der Waals surface area contributed by atoms with Gasteiger partial charge in [-0.1, -0.05) is 54.6 Å². The van der Waals surface area contributed by atoms with Crippen molar-refractivity contribution in [3.05, 3.63) is 54.6 Å². The third kappa shape index (κ3) is 2.25. The van der Waals surface area contributed by atoms with Crippen LogP contribution in [0, 0.1) is 0 Å². The fourth-order valence-electron chi connectivity index (χ4n) is 1.60. The summed E-state index contributed by atoms with van der Waals surface area (Å²) >= 11 is 4.06. The molecule has 0 fully saturated rings. The van der Waals surface area contributed by atoms with Gasteiger partial charge in [0.1, 0.15) is 0 Å². The van der Waals surface area contributed by atoms with Gasteiger partial charge in [0.05, 0.1) is 0 Å². The van der Waals surface area contributed by atoms with Gasteiger partial charge in [-0.2, -0.15) is 12.5 Å². The topological polar surface area (TPSA) is 20.2 Å². The molecule has 3 heteroatoms. The molecule has 0 bridgehead atoms. The number of hydrogen-bond acceptors (Lipinski definition) is 2. The molecule has 0 unspecified atom stereocenters. The Balaban J connectivity index is 2.53. The zero-order valence-corrected chi connectivity index (χ0v) is 9.06. The summed E-state index contributed by atoms with van der Waals surface area (Å²) in [5, 5.41) is 9.53. The van der Waals surface area contributed by atoms with Crippen LogP contribution in [-0.4, -0.2) is 11.2 Å². The van der Waals surface area contributed by atoms with Crippen LogP contribution in [0.2, 0.25) is 0 Å². The van der Waals surface area contributed by atoms with Gasteiger partial charge < -0.3 is 5.02 Å². The SMILES string of the molecule is OB(S)c1ccccc1-c1ccccc1. The van der Waals surface area contributed by atoms with Crippen LogP contribution >= 0.6 is 12.5 Å². The van der Waals surface area contributed by atoms with E-state index in [1.54, 1.807) is 0 Å².